The highest BCUT2D eigenvalue weighted by Crippen LogP contribution is 2.19. The van der Waals surface area contributed by atoms with E-state index in [-0.39, 0.29) is 0 Å². The maximum absolute atomic E-state index is 4.55. The van der Waals surface area contributed by atoms with Crippen LogP contribution in [0, 0.1) is 3.57 Å². The van der Waals surface area contributed by atoms with Gasteiger partial charge in [-0.2, -0.15) is 5.10 Å². The lowest BCUT2D eigenvalue weighted by Gasteiger charge is -2.27. The van der Waals surface area contributed by atoms with Crippen molar-refractivity contribution in [3.05, 3.63) is 28.0 Å². The lowest BCUT2D eigenvalue weighted by atomic mass is 10.2. The van der Waals surface area contributed by atoms with Crippen molar-refractivity contribution in [2.75, 3.05) is 13.1 Å². The van der Waals surface area contributed by atoms with Gasteiger partial charge < -0.3 is 5.32 Å². The second-order valence-electron chi connectivity index (χ2n) is 3.62. The molecule has 0 spiro atoms. The normalized spacial score (nSPS) is 17.2. The van der Waals surface area contributed by atoms with Crippen LogP contribution in [0.2, 0.25) is 0 Å². The Morgan fingerprint density at radius 1 is 1.43 bits per heavy atom. The molecule has 1 N–H and O–H groups in total. The van der Waals surface area contributed by atoms with Gasteiger partial charge in [-0.05, 0) is 40.8 Å². The zero-order chi connectivity index (χ0) is 9.54. The molecule has 0 aliphatic carbocycles. The third kappa shape index (κ3) is 1.33. The molecule has 2 heterocycles. The van der Waals surface area contributed by atoms with Gasteiger partial charge in [0, 0.05) is 28.2 Å². The second-order valence-corrected chi connectivity index (χ2v) is 4.87. The molecule has 0 amide bonds. The minimum Gasteiger partial charge on any atom is -0.312 e. The molecule has 0 unspecified atom stereocenters. The fourth-order valence-electron chi connectivity index (χ4n) is 1.66. The van der Waals surface area contributed by atoms with Crippen LogP contribution in [0.25, 0.3) is 10.9 Å². The molecule has 1 saturated heterocycles. The van der Waals surface area contributed by atoms with Crippen LogP contribution in [-0.2, 0) is 0 Å². The van der Waals surface area contributed by atoms with Gasteiger partial charge in [0.05, 0.1) is 11.6 Å². The first-order chi connectivity index (χ1) is 6.83. The molecule has 3 rings (SSSR count). The van der Waals surface area contributed by atoms with E-state index in [2.05, 4.69) is 62.1 Å². The summed E-state index contributed by atoms with van der Waals surface area (Å²) in [5.41, 5.74) is 1.09. The van der Waals surface area contributed by atoms with Crippen LogP contribution in [0.3, 0.4) is 0 Å². The Morgan fingerprint density at radius 2 is 2.29 bits per heavy atom. The highest BCUT2D eigenvalue weighted by molar-refractivity contribution is 14.1. The molecule has 1 aliphatic rings. The summed E-state index contributed by atoms with van der Waals surface area (Å²) in [7, 11) is 0. The molecule has 1 aromatic heterocycles. The average molecular weight is 299 g/mol. The van der Waals surface area contributed by atoms with E-state index in [9.17, 15) is 0 Å². The number of benzene rings is 1. The van der Waals surface area contributed by atoms with E-state index in [0.29, 0.717) is 6.04 Å². The fraction of sp³-hybridized carbons (Fsp3) is 0.300. The summed E-state index contributed by atoms with van der Waals surface area (Å²) in [5.74, 6) is 0. The summed E-state index contributed by atoms with van der Waals surface area (Å²) in [6.45, 7) is 2.09. The minimum absolute atomic E-state index is 0.556. The summed E-state index contributed by atoms with van der Waals surface area (Å²) < 4.78 is 3.35. The van der Waals surface area contributed by atoms with Gasteiger partial charge in [0.25, 0.3) is 0 Å². The van der Waals surface area contributed by atoms with Crippen molar-refractivity contribution in [3.8, 4) is 0 Å². The molecule has 14 heavy (non-hydrogen) atoms. The maximum atomic E-state index is 4.55. The smallest absolute Gasteiger partial charge is 0.0924 e. The molecule has 0 radical (unpaired) electrons. The lowest BCUT2D eigenvalue weighted by molar-refractivity contribution is 0.320. The van der Waals surface area contributed by atoms with Crippen LogP contribution in [0.5, 0.6) is 0 Å². The zero-order valence-corrected chi connectivity index (χ0v) is 9.73. The third-order valence-electron chi connectivity index (χ3n) is 2.62. The van der Waals surface area contributed by atoms with Crippen molar-refractivity contribution in [2.24, 2.45) is 0 Å². The Kier molecular flexibility index (Phi) is 1.98. The molecule has 3 nitrogen and oxygen atoms in total. The van der Waals surface area contributed by atoms with Crippen molar-refractivity contribution < 1.29 is 0 Å². The quantitative estimate of drug-likeness (QED) is 0.814. The number of rotatable bonds is 1. The first-order valence-electron chi connectivity index (χ1n) is 4.68. The van der Waals surface area contributed by atoms with Crippen LogP contribution in [0.1, 0.15) is 6.04 Å². The molecule has 72 valence electrons. The largest absolute Gasteiger partial charge is 0.312 e. The molecule has 2 aromatic rings. The van der Waals surface area contributed by atoms with Gasteiger partial charge in [-0.3, -0.25) is 4.68 Å². The first kappa shape index (κ1) is 8.67. The van der Waals surface area contributed by atoms with E-state index < -0.39 is 0 Å². The zero-order valence-electron chi connectivity index (χ0n) is 7.57. The molecule has 1 aliphatic heterocycles. The second kappa shape index (κ2) is 3.20. The highest BCUT2D eigenvalue weighted by Gasteiger charge is 2.19. The van der Waals surface area contributed by atoms with E-state index in [0.717, 1.165) is 18.6 Å². The maximum Gasteiger partial charge on any atom is 0.0924 e. The van der Waals surface area contributed by atoms with Gasteiger partial charge in [-0.1, -0.05) is 0 Å². The summed E-state index contributed by atoms with van der Waals surface area (Å²) in [5, 5.41) is 9.04. The lowest BCUT2D eigenvalue weighted by Crippen LogP contribution is -2.43. The summed E-state index contributed by atoms with van der Waals surface area (Å²) >= 11 is 2.33. The molecule has 0 atom stereocenters. The predicted molar refractivity (Wildman–Crippen MR) is 64.4 cm³/mol. The number of halogens is 1. The molecule has 4 heteroatoms. The van der Waals surface area contributed by atoms with E-state index in [4.69, 9.17) is 0 Å². The Morgan fingerprint density at radius 3 is 3.00 bits per heavy atom. The highest BCUT2D eigenvalue weighted by atomic mass is 127. The van der Waals surface area contributed by atoms with Crippen LogP contribution < -0.4 is 5.32 Å². The van der Waals surface area contributed by atoms with E-state index in [1.807, 2.05) is 0 Å². The SMILES string of the molecule is Ic1ccc2nn(C3CNC3)cc2c1. The van der Waals surface area contributed by atoms with Gasteiger partial charge >= 0.3 is 0 Å². The van der Waals surface area contributed by atoms with Crippen molar-refractivity contribution in [1.82, 2.24) is 15.1 Å². The van der Waals surface area contributed by atoms with Gasteiger partial charge in [0.2, 0.25) is 0 Å². The van der Waals surface area contributed by atoms with Crippen molar-refractivity contribution in [3.63, 3.8) is 0 Å². The number of hydrogen-bond acceptors (Lipinski definition) is 2. The molecule has 1 aromatic carbocycles. The Balaban J connectivity index is 2.10. The van der Waals surface area contributed by atoms with Gasteiger partial charge in [0.15, 0.2) is 0 Å². The molecular formula is C10H10IN3. The fourth-order valence-corrected chi connectivity index (χ4v) is 2.18. The topological polar surface area (TPSA) is 29.9 Å². The Hall–Kier alpha value is -0.620. The average Bonchev–Trinajstić information content (AvgIpc) is 2.43. The van der Waals surface area contributed by atoms with Gasteiger partial charge in [-0.15, -0.1) is 0 Å². The standard InChI is InChI=1S/C10H10IN3/c11-8-1-2-10-7(3-8)6-14(13-10)9-4-12-5-9/h1-3,6,9,12H,4-5H2. The molecular weight excluding hydrogens is 289 g/mol. The summed E-state index contributed by atoms with van der Waals surface area (Å²) in [4.78, 5) is 0. The van der Waals surface area contributed by atoms with E-state index in [1.54, 1.807) is 0 Å². The Labute approximate surface area is 95.6 Å². The van der Waals surface area contributed by atoms with Crippen LogP contribution >= 0.6 is 22.6 Å². The van der Waals surface area contributed by atoms with Crippen LogP contribution in [0.15, 0.2) is 24.4 Å². The van der Waals surface area contributed by atoms with Gasteiger partial charge in [0.1, 0.15) is 0 Å². The van der Waals surface area contributed by atoms with E-state index in [1.165, 1.54) is 8.96 Å². The number of fused-ring (bicyclic) bond motifs is 1. The number of aromatic nitrogens is 2. The van der Waals surface area contributed by atoms with Crippen molar-refractivity contribution >= 4 is 33.5 Å². The van der Waals surface area contributed by atoms with Gasteiger partial charge in [-0.25, -0.2) is 0 Å². The summed E-state index contributed by atoms with van der Waals surface area (Å²) in [6.07, 6.45) is 2.14. The number of nitrogens with zero attached hydrogens (tertiary/aromatic N) is 2. The minimum atomic E-state index is 0.556. The number of nitrogens with one attached hydrogen (secondary N) is 1. The molecule has 1 fully saturated rings. The van der Waals surface area contributed by atoms with Crippen molar-refractivity contribution in [2.45, 2.75) is 6.04 Å². The molecule has 0 bridgehead atoms. The monoisotopic (exact) mass is 299 g/mol. The summed E-state index contributed by atoms with van der Waals surface area (Å²) in [6, 6.07) is 6.91. The molecule has 0 saturated carbocycles. The van der Waals surface area contributed by atoms with E-state index >= 15 is 0 Å². The van der Waals surface area contributed by atoms with Crippen LogP contribution in [-0.4, -0.2) is 22.9 Å². The van der Waals surface area contributed by atoms with Crippen molar-refractivity contribution in [1.29, 1.82) is 0 Å². The Bertz CT molecular complexity index is 473. The predicted octanol–water partition coefficient (Wildman–Crippen LogP) is 1.79. The first-order valence-corrected chi connectivity index (χ1v) is 5.76. The number of hydrogen-bond donors (Lipinski definition) is 1. The van der Waals surface area contributed by atoms with Crippen LogP contribution in [0.4, 0.5) is 0 Å². The third-order valence-corrected chi connectivity index (χ3v) is 3.29.